The van der Waals surface area contributed by atoms with Gasteiger partial charge in [-0.2, -0.15) is 13.2 Å². The maximum Gasteiger partial charge on any atom is 0.417 e. The van der Waals surface area contributed by atoms with E-state index in [1.165, 1.54) is 10.9 Å². The molecule has 5 nitrogen and oxygen atoms in total. The van der Waals surface area contributed by atoms with Crippen LogP contribution in [0.1, 0.15) is 23.8 Å². The summed E-state index contributed by atoms with van der Waals surface area (Å²) in [5.74, 6) is 1.17. The second-order valence-corrected chi connectivity index (χ2v) is 6.44. The van der Waals surface area contributed by atoms with Gasteiger partial charge in [-0.15, -0.1) is 11.3 Å². The molecule has 0 saturated carbocycles. The van der Waals surface area contributed by atoms with E-state index in [1.807, 2.05) is 24.4 Å². The van der Waals surface area contributed by atoms with Gasteiger partial charge in [-0.3, -0.25) is 0 Å². The lowest BCUT2D eigenvalue weighted by Gasteiger charge is -2.12. The van der Waals surface area contributed by atoms with Gasteiger partial charge in [-0.25, -0.2) is 9.98 Å². The van der Waals surface area contributed by atoms with E-state index in [2.05, 4.69) is 25.9 Å². The number of alkyl halides is 3. The van der Waals surface area contributed by atoms with Crippen molar-refractivity contribution in [1.82, 2.24) is 15.6 Å². The highest BCUT2D eigenvalue weighted by Gasteiger charge is 2.30. The van der Waals surface area contributed by atoms with Crippen LogP contribution in [0.15, 0.2) is 40.8 Å². The summed E-state index contributed by atoms with van der Waals surface area (Å²) in [6.07, 6.45) is -2.76. The molecule has 0 aliphatic rings. The van der Waals surface area contributed by atoms with Crippen molar-refractivity contribution >= 4 is 23.1 Å². The minimum absolute atomic E-state index is 0.427. The van der Waals surface area contributed by atoms with Crippen LogP contribution in [-0.4, -0.2) is 30.6 Å². The van der Waals surface area contributed by atoms with Crippen molar-refractivity contribution in [2.45, 2.75) is 26.1 Å². The Hall–Kier alpha value is -2.29. The van der Waals surface area contributed by atoms with Gasteiger partial charge in [0, 0.05) is 30.7 Å². The van der Waals surface area contributed by atoms with Gasteiger partial charge >= 0.3 is 6.18 Å². The van der Waals surface area contributed by atoms with Crippen molar-refractivity contribution < 1.29 is 13.2 Å². The first-order chi connectivity index (χ1) is 12.5. The van der Waals surface area contributed by atoms with Gasteiger partial charge in [-0.1, -0.05) is 6.07 Å². The number of halogens is 3. The Labute approximate surface area is 154 Å². The van der Waals surface area contributed by atoms with Crippen LogP contribution in [0.5, 0.6) is 0 Å². The lowest BCUT2D eigenvalue weighted by Crippen LogP contribution is -2.38. The molecule has 0 radical (unpaired) electrons. The Kier molecular flexibility index (Phi) is 7.71. The van der Waals surface area contributed by atoms with Gasteiger partial charge in [0.1, 0.15) is 5.82 Å². The van der Waals surface area contributed by atoms with E-state index in [9.17, 15) is 13.2 Å². The highest BCUT2D eigenvalue weighted by molar-refractivity contribution is 7.09. The smallest absolute Gasteiger partial charge is 0.370 e. The molecule has 0 spiro atoms. The number of rotatable bonds is 8. The number of pyridine rings is 1. The summed E-state index contributed by atoms with van der Waals surface area (Å²) in [6, 6.07) is 6.40. The zero-order valence-corrected chi connectivity index (χ0v) is 15.3. The van der Waals surface area contributed by atoms with Crippen molar-refractivity contribution in [3.63, 3.8) is 0 Å². The van der Waals surface area contributed by atoms with E-state index < -0.39 is 11.7 Å². The van der Waals surface area contributed by atoms with E-state index >= 15 is 0 Å². The predicted molar refractivity (Wildman–Crippen MR) is 99.5 cm³/mol. The fourth-order valence-corrected chi connectivity index (χ4v) is 2.71. The van der Waals surface area contributed by atoms with E-state index in [0.29, 0.717) is 25.5 Å². The summed E-state index contributed by atoms with van der Waals surface area (Å²) in [4.78, 5) is 9.48. The first-order valence-electron chi connectivity index (χ1n) is 8.30. The van der Waals surface area contributed by atoms with E-state index in [-0.39, 0.29) is 0 Å². The molecule has 0 bridgehead atoms. The van der Waals surface area contributed by atoms with Crippen LogP contribution in [0, 0.1) is 0 Å². The molecule has 2 aromatic heterocycles. The highest BCUT2D eigenvalue weighted by Crippen LogP contribution is 2.28. The number of anilines is 1. The molecule has 0 amide bonds. The van der Waals surface area contributed by atoms with Crippen LogP contribution in [0.2, 0.25) is 0 Å². The quantitative estimate of drug-likeness (QED) is 0.368. The van der Waals surface area contributed by atoms with Crippen LogP contribution in [-0.2, 0) is 12.7 Å². The van der Waals surface area contributed by atoms with Gasteiger partial charge in [0.15, 0.2) is 5.96 Å². The van der Waals surface area contributed by atoms with Crippen molar-refractivity contribution in [2.75, 3.05) is 25.0 Å². The molecule has 3 N–H and O–H groups in total. The van der Waals surface area contributed by atoms with Crippen molar-refractivity contribution in [2.24, 2.45) is 4.99 Å². The SMILES string of the molecule is CCNC(=NCc1cccs1)NCCCNc1ccc(C(F)(F)F)cn1. The Balaban J connectivity index is 1.70. The normalized spacial score (nSPS) is 12.1. The average Bonchev–Trinajstić information content (AvgIpc) is 3.12. The third-order valence-electron chi connectivity index (χ3n) is 3.36. The first kappa shape index (κ1) is 20.0. The van der Waals surface area contributed by atoms with E-state index in [0.717, 1.165) is 31.2 Å². The fraction of sp³-hybridized carbons (Fsp3) is 0.412. The van der Waals surface area contributed by atoms with Crippen LogP contribution < -0.4 is 16.0 Å². The predicted octanol–water partition coefficient (Wildman–Crippen LogP) is 3.72. The third kappa shape index (κ3) is 6.91. The summed E-state index contributed by atoms with van der Waals surface area (Å²) < 4.78 is 37.4. The topological polar surface area (TPSA) is 61.3 Å². The van der Waals surface area contributed by atoms with Gasteiger partial charge in [0.2, 0.25) is 0 Å². The molecule has 0 aromatic carbocycles. The molecule has 0 aliphatic heterocycles. The second kappa shape index (κ2) is 10.0. The maximum atomic E-state index is 12.5. The van der Waals surface area contributed by atoms with Crippen molar-refractivity contribution in [3.05, 3.63) is 46.3 Å². The van der Waals surface area contributed by atoms with Gasteiger partial charge < -0.3 is 16.0 Å². The molecular formula is C17H22F3N5S. The average molecular weight is 385 g/mol. The lowest BCUT2D eigenvalue weighted by molar-refractivity contribution is -0.137. The van der Waals surface area contributed by atoms with Crippen LogP contribution >= 0.6 is 11.3 Å². The molecular weight excluding hydrogens is 363 g/mol. The number of nitrogens with one attached hydrogen (secondary N) is 3. The second-order valence-electron chi connectivity index (χ2n) is 5.41. The number of thiophene rings is 1. The zero-order chi connectivity index (χ0) is 18.8. The third-order valence-corrected chi connectivity index (χ3v) is 4.22. The molecule has 9 heteroatoms. The molecule has 0 unspecified atom stereocenters. The molecule has 26 heavy (non-hydrogen) atoms. The number of aliphatic imine (C=N–C) groups is 1. The standard InChI is InChI=1S/C17H22F3N5S/c1-2-21-16(25-12-14-5-3-10-26-14)23-9-4-8-22-15-7-6-13(11-24-15)17(18,19)20/h3,5-7,10-11H,2,4,8-9,12H2,1H3,(H,22,24)(H2,21,23,25). The highest BCUT2D eigenvalue weighted by atomic mass is 32.1. The molecule has 0 atom stereocenters. The van der Waals surface area contributed by atoms with Gasteiger partial charge in [-0.05, 0) is 36.9 Å². The van der Waals surface area contributed by atoms with Crippen LogP contribution in [0.25, 0.3) is 0 Å². The summed E-state index contributed by atoms with van der Waals surface area (Å²) >= 11 is 1.67. The Morgan fingerprint density at radius 3 is 2.65 bits per heavy atom. The summed E-state index contributed by atoms with van der Waals surface area (Å²) in [6.45, 7) is 4.67. The Bertz CT molecular complexity index is 669. The van der Waals surface area contributed by atoms with Crippen molar-refractivity contribution in [3.8, 4) is 0 Å². The monoisotopic (exact) mass is 385 g/mol. The molecule has 2 heterocycles. The van der Waals surface area contributed by atoms with E-state index in [1.54, 1.807) is 11.3 Å². The molecule has 0 fully saturated rings. The summed E-state index contributed by atoms with van der Waals surface area (Å²) in [5.41, 5.74) is -0.748. The minimum Gasteiger partial charge on any atom is -0.370 e. The molecule has 2 rings (SSSR count). The lowest BCUT2D eigenvalue weighted by atomic mass is 10.3. The first-order valence-corrected chi connectivity index (χ1v) is 9.18. The fourth-order valence-electron chi connectivity index (χ4n) is 2.08. The number of guanidine groups is 1. The summed E-state index contributed by atoms with van der Waals surface area (Å²) in [7, 11) is 0. The summed E-state index contributed by atoms with van der Waals surface area (Å²) in [5, 5.41) is 11.4. The maximum absolute atomic E-state index is 12.5. The Morgan fingerprint density at radius 1 is 1.19 bits per heavy atom. The van der Waals surface area contributed by atoms with Gasteiger partial charge in [0.05, 0.1) is 12.1 Å². The number of hydrogen-bond acceptors (Lipinski definition) is 4. The molecule has 0 saturated heterocycles. The van der Waals surface area contributed by atoms with E-state index in [4.69, 9.17) is 0 Å². The zero-order valence-electron chi connectivity index (χ0n) is 14.4. The van der Waals surface area contributed by atoms with Crippen LogP contribution in [0.4, 0.5) is 19.0 Å². The number of hydrogen-bond donors (Lipinski definition) is 3. The Morgan fingerprint density at radius 2 is 2.04 bits per heavy atom. The number of nitrogens with zero attached hydrogens (tertiary/aromatic N) is 2. The van der Waals surface area contributed by atoms with Crippen molar-refractivity contribution in [1.29, 1.82) is 0 Å². The minimum atomic E-state index is -4.36. The van der Waals surface area contributed by atoms with Crippen LogP contribution in [0.3, 0.4) is 0 Å². The van der Waals surface area contributed by atoms with Gasteiger partial charge in [0.25, 0.3) is 0 Å². The molecule has 2 aromatic rings. The largest absolute Gasteiger partial charge is 0.417 e. The molecule has 0 aliphatic carbocycles. The molecule has 142 valence electrons. The number of aromatic nitrogens is 1.